The molecule has 0 aliphatic heterocycles. The zero-order valence-corrected chi connectivity index (χ0v) is 19.1. The number of unbranched alkanes of at least 4 members (excludes halogenated alkanes) is 2. The van der Waals surface area contributed by atoms with Gasteiger partial charge >= 0.3 is 5.97 Å². The Bertz CT molecular complexity index is 1020. The molecular weight excluding hydrogens is 426 g/mol. The first kappa shape index (κ1) is 24.5. The predicted octanol–water partition coefficient (Wildman–Crippen LogP) is 5.40. The lowest BCUT2D eigenvalue weighted by molar-refractivity contribution is -0.137. The van der Waals surface area contributed by atoms with Gasteiger partial charge in [-0.15, -0.1) is 0 Å². The molecule has 0 fully saturated rings. The van der Waals surface area contributed by atoms with Crippen LogP contribution in [-0.2, 0) is 20.3 Å². The SMILES string of the molecule is CCC(C)(C)c1c(NCCCCCC(=O)O)ccc2c(SO)cc(S(=O)(=O)O)cc12. The lowest BCUT2D eigenvalue weighted by Crippen LogP contribution is -2.19. The molecule has 0 spiro atoms. The van der Waals surface area contributed by atoms with Gasteiger partial charge in [-0.05, 0) is 59.2 Å². The van der Waals surface area contributed by atoms with Crippen LogP contribution in [0.5, 0.6) is 0 Å². The second kappa shape index (κ2) is 10.00. The maximum absolute atomic E-state index is 11.8. The molecule has 9 heteroatoms. The fraction of sp³-hybridized carbons (Fsp3) is 0.476. The second-order valence-electron chi connectivity index (χ2n) is 7.94. The number of carboxylic acids is 1. The highest BCUT2D eigenvalue weighted by molar-refractivity contribution is 7.94. The van der Waals surface area contributed by atoms with Crippen LogP contribution in [-0.4, -0.2) is 35.1 Å². The van der Waals surface area contributed by atoms with E-state index >= 15 is 0 Å². The van der Waals surface area contributed by atoms with Gasteiger partial charge in [0.05, 0.1) is 4.90 Å². The summed E-state index contributed by atoms with van der Waals surface area (Å²) in [6.07, 6.45) is 3.16. The Balaban J connectivity index is 2.50. The van der Waals surface area contributed by atoms with Gasteiger partial charge in [0.25, 0.3) is 10.1 Å². The number of carboxylic acid groups (broad SMARTS) is 1. The van der Waals surface area contributed by atoms with Crippen molar-refractivity contribution in [1.29, 1.82) is 0 Å². The maximum atomic E-state index is 11.8. The van der Waals surface area contributed by atoms with E-state index < -0.39 is 16.1 Å². The first-order valence-corrected chi connectivity index (χ1v) is 12.1. The molecule has 30 heavy (non-hydrogen) atoms. The van der Waals surface area contributed by atoms with Crippen LogP contribution < -0.4 is 5.32 Å². The summed E-state index contributed by atoms with van der Waals surface area (Å²) >= 11 is 0.447. The zero-order chi connectivity index (χ0) is 22.5. The van der Waals surface area contributed by atoms with E-state index in [0.29, 0.717) is 40.7 Å². The molecule has 2 aromatic carbocycles. The minimum atomic E-state index is -4.44. The van der Waals surface area contributed by atoms with E-state index in [1.165, 1.54) is 12.1 Å². The van der Waals surface area contributed by atoms with Crippen molar-refractivity contribution in [1.82, 2.24) is 0 Å². The van der Waals surface area contributed by atoms with Gasteiger partial charge in [0.1, 0.15) is 0 Å². The molecule has 0 saturated carbocycles. The van der Waals surface area contributed by atoms with E-state index in [0.717, 1.165) is 30.5 Å². The number of fused-ring (bicyclic) bond motifs is 1. The molecule has 0 aliphatic carbocycles. The minimum absolute atomic E-state index is 0.157. The summed E-state index contributed by atoms with van der Waals surface area (Å²) in [5, 5.41) is 13.5. The Morgan fingerprint density at radius 2 is 1.83 bits per heavy atom. The average Bonchev–Trinajstić information content (AvgIpc) is 2.68. The average molecular weight is 456 g/mol. The van der Waals surface area contributed by atoms with Gasteiger partial charge in [0.2, 0.25) is 0 Å². The minimum Gasteiger partial charge on any atom is -0.481 e. The first-order chi connectivity index (χ1) is 14.0. The van der Waals surface area contributed by atoms with E-state index in [2.05, 4.69) is 19.2 Å². The van der Waals surface area contributed by atoms with Crippen molar-refractivity contribution >= 4 is 44.6 Å². The lowest BCUT2D eigenvalue weighted by Gasteiger charge is -2.29. The molecule has 0 aromatic heterocycles. The van der Waals surface area contributed by atoms with Crippen molar-refractivity contribution in [2.75, 3.05) is 11.9 Å². The van der Waals surface area contributed by atoms with Gasteiger partial charge in [-0.2, -0.15) is 8.42 Å². The summed E-state index contributed by atoms with van der Waals surface area (Å²) in [4.78, 5) is 10.7. The number of rotatable bonds is 11. The Morgan fingerprint density at radius 1 is 1.13 bits per heavy atom. The summed E-state index contributed by atoms with van der Waals surface area (Å²) in [6, 6.07) is 6.46. The van der Waals surface area contributed by atoms with Gasteiger partial charge in [-0.3, -0.25) is 9.35 Å². The summed E-state index contributed by atoms with van der Waals surface area (Å²) in [5.74, 6) is -0.795. The second-order valence-corrected chi connectivity index (χ2v) is 9.98. The number of hydrogen-bond acceptors (Lipinski definition) is 6. The summed E-state index contributed by atoms with van der Waals surface area (Å²) in [7, 11) is -4.44. The van der Waals surface area contributed by atoms with Gasteiger partial charge in [0, 0.05) is 35.6 Å². The molecule has 0 heterocycles. The molecule has 166 valence electrons. The normalized spacial score (nSPS) is 12.3. The Kier molecular flexibility index (Phi) is 8.15. The molecule has 0 saturated heterocycles. The summed E-state index contributed by atoms with van der Waals surface area (Å²) < 4.78 is 42.8. The zero-order valence-electron chi connectivity index (χ0n) is 17.4. The number of anilines is 1. The van der Waals surface area contributed by atoms with Crippen LogP contribution in [0.2, 0.25) is 0 Å². The Hall–Kier alpha value is -1.81. The van der Waals surface area contributed by atoms with Crippen molar-refractivity contribution < 1.29 is 27.4 Å². The smallest absolute Gasteiger partial charge is 0.303 e. The topological polar surface area (TPSA) is 124 Å². The third kappa shape index (κ3) is 5.87. The Labute approximate surface area is 181 Å². The first-order valence-electron chi connectivity index (χ1n) is 9.87. The molecule has 0 unspecified atom stereocenters. The number of carbonyl (C=O) groups is 1. The van der Waals surface area contributed by atoms with Crippen LogP contribution in [0.25, 0.3) is 10.8 Å². The van der Waals surface area contributed by atoms with E-state index in [1.807, 2.05) is 19.1 Å². The summed E-state index contributed by atoms with van der Waals surface area (Å²) in [5.41, 5.74) is 1.46. The molecule has 0 atom stereocenters. The maximum Gasteiger partial charge on any atom is 0.303 e. The van der Waals surface area contributed by atoms with E-state index in [4.69, 9.17) is 5.11 Å². The van der Waals surface area contributed by atoms with Gasteiger partial charge < -0.3 is 15.0 Å². The molecule has 0 radical (unpaired) electrons. The molecule has 2 aromatic rings. The number of aliphatic carboxylic acids is 1. The number of nitrogens with one attached hydrogen (secondary N) is 1. The fourth-order valence-corrected chi connectivity index (χ4v) is 4.52. The highest BCUT2D eigenvalue weighted by Crippen LogP contribution is 2.42. The fourth-order valence-electron chi connectivity index (χ4n) is 3.45. The number of benzene rings is 2. The van der Waals surface area contributed by atoms with Crippen LogP contribution >= 0.6 is 12.0 Å². The summed E-state index contributed by atoms with van der Waals surface area (Å²) in [6.45, 7) is 6.82. The van der Waals surface area contributed by atoms with E-state index in [-0.39, 0.29) is 16.7 Å². The molecule has 2 rings (SSSR count). The van der Waals surface area contributed by atoms with Crippen molar-refractivity contribution in [2.45, 2.75) is 68.1 Å². The molecular formula is C21H29NO6S2. The molecule has 0 bridgehead atoms. The van der Waals surface area contributed by atoms with Gasteiger partial charge in [-0.25, -0.2) is 0 Å². The quantitative estimate of drug-likeness (QED) is 0.202. The molecule has 0 amide bonds. The highest BCUT2D eigenvalue weighted by Gasteiger charge is 2.26. The number of hydrogen-bond donors (Lipinski definition) is 4. The van der Waals surface area contributed by atoms with E-state index in [9.17, 15) is 22.3 Å². The van der Waals surface area contributed by atoms with Crippen molar-refractivity contribution in [3.05, 3.63) is 29.8 Å². The highest BCUT2D eigenvalue weighted by atomic mass is 32.2. The van der Waals surface area contributed by atoms with Gasteiger partial charge in [-0.1, -0.05) is 33.3 Å². The van der Waals surface area contributed by atoms with Gasteiger partial charge in [0.15, 0.2) is 0 Å². The predicted molar refractivity (Wildman–Crippen MR) is 120 cm³/mol. The molecule has 4 N–H and O–H groups in total. The van der Waals surface area contributed by atoms with Crippen LogP contribution in [0.4, 0.5) is 5.69 Å². The van der Waals surface area contributed by atoms with Crippen molar-refractivity contribution in [3.8, 4) is 0 Å². The molecule has 0 aliphatic rings. The van der Waals surface area contributed by atoms with Crippen LogP contribution in [0.15, 0.2) is 34.1 Å². The van der Waals surface area contributed by atoms with Crippen molar-refractivity contribution in [3.63, 3.8) is 0 Å². The van der Waals surface area contributed by atoms with Crippen molar-refractivity contribution in [2.24, 2.45) is 0 Å². The van der Waals surface area contributed by atoms with Crippen LogP contribution in [0.1, 0.15) is 58.4 Å². The molecule has 7 nitrogen and oxygen atoms in total. The third-order valence-corrected chi connectivity index (χ3v) is 6.78. The standard InChI is InChI=1S/C21H29NO6S2/c1-4-21(2,3)20-16-12-14(30(26,27)28)13-18(29-25)15(16)9-10-17(20)22-11-7-5-6-8-19(23)24/h9-10,12-13,22,25H,4-8,11H2,1-3H3,(H,23,24)(H,26,27,28). The monoisotopic (exact) mass is 455 g/mol. The van der Waals surface area contributed by atoms with E-state index in [1.54, 1.807) is 0 Å². The largest absolute Gasteiger partial charge is 0.481 e. The van der Waals surface area contributed by atoms with Crippen LogP contribution in [0, 0.1) is 0 Å². The van der Waals surface area contributed by atoms with Crippen LogP contribution in [0.3, 0.4) is 0 Å². The third-order valence-electron chi connectivity index (χ3n) is 5.41. The Morgan fingerprint density at radius 3 is 2.40 bits per heavy atom. The lowest BCUT2D eigenvalue weighted by atomic mass is 9.78.